The van der Waals surface area contributed by atoms with E-state index in [-0.39, 0.29) is 17.9 Å². The van der Waals surface area contributed by atoms with E-state index >= 15 is 0 Å². The summed E-state index contributed by atoms with van der Waals surface area (Å²) in [6.45, 7) is 2.08. The van der Waals surface area contributed by atoms with E-state index < -0.39 is 0 Å². The molecule has 2 amide bonds. The van der Waals surface area contributed by atoms with Gasteiger partial charge in [0.25, 0.3) is 0 Å². The lowest BCUT2D eigenvalue weighted by atomic mass is 10.1. The average molecular weight is 321 g/mol. The Morgan fingerprint density at radius 2 is 1.86 bits per heavy atom. The number of nitrogens with zero attached hydrogens (tertiary/aromatic N) is 1. The van der Waals surface area contributed by atoms with Crippen molar-refractivity contribution in [1.29, 1.82) is 0 Å². The molecule has 5 nitrogen and oxygen atoms in total. The maximum atomic E-state index is 12.0. The van der Waals surface area contributed by atoms with E-state index in [0.717, 1.165) is 31.6 Å². The number of para-hydroxylation sites is 1. The van der Waals surface area contributed by atoms with Gasteiger partial charge in [-0.05, 0) is 31.2 Å². The summed E-state index contributed by atoms with van der Waals surface area (Å²) in [6.07, 6.45) is 3.73. The van der Waals surface area contributed by atoms with Crippen LogP contribution in [0.2, 0.25) is 0 Å². The lowest BCUT2D eigenvalue weighted by Crippen LogP contribution is -2.46. The van der Waals surface area contributed by atoms with Crippen LogP contribution in [0.3, 0.4) is 0 Å². The van der Waals surface area contributed by atoms with Crippen molar-refractivity contribution in [2.75, 3.05) is 37.0 Å². The molecule has 1 aromatic carbocycles. The van der Waals surface area contributed by atoms with Crippen LogP contribution in [0.25, 0.3) is 0 Å². The molecule has 2 N–H and O–H groups in total. The molecule has 1 aromatic rings. The average Bonchev–Trinajstić information content (AvgIpc) is 2.50. The molecule has 6 heteroatoms. The van der Waals surface area contributed by atoms with E-state index in [1.54, 1.807) is 0 Å². The fraction of sp³-hybridized carbons (Fsp3) is 0.500. The van der Waals surface area contributed by atoms with Gasteiger partial charge in [0.1, 0.15) is 0 Å². The van der Waals surface area contributed by atoms with Crippen LogP contribution in [0.1, 0.15) is 12.8 Å². The SMILES string of the molecule is CSCC(=O)NC1CCN(CC(=O)Nc2ccccc2)CC1. The van der Waals surface area contributed by atoms with Gasteiger partial charge in [-0.1, -0.05) is 18.2 Å². The highest BCUT2D eigenvalue weighted by Crippen LogP contribution is 2.11. The van der Waals surface area contributed by atoms with Gasteiger partial charge in [0.2, 0.25) is 11.8 Å². The molecule has 1 fully saturated rings. The monoisotopic (exact) mass is 321 g/mol. The Balaban J connectivity index is 1.68. The third-order valence-corrected chi connectivity index (χ3v) is 4.20. The molecule has 1 aliphatic heterocycles. The fourth-order valence-corrected chi connectivity index (χ4v) is 2.91. The van der Waals surface area contributed by atoms with Crippen molar-refractivity contribution >= 4 is 29.3 Å². The first kappa shape index (κ1) is 16.8. The molecule has 22 heavy (non-hydrogen) atoms. The molecule has 0 radical (unpaired) electrons. The third-order valence-electron chi connectivity index (χ3n) is 3.65. The number of likely N-dealkylation sites (tertiary alicyclic amines) is 1. The number of thioether (sulfide) groups is 1. The zero-order chi connectivity index (χ0) is 15.8. The van der Waals surface area contributed by atoms with Gasteiger partial charge in [-0.15, -0.1) is 0 Å². The van der Waals surface area contributed by atoms with Gasteiger partial charge in [0, 0.05) is 24.8 Å². The predicted molar refractivity (Wildman–Crippen MR) is 91.1 cm³/mol. The molecule has 0 bridgehead atoms. The number of hydrogen-bond donors (Lipinski definition) is 2. The standard InChI is InChI=1S/C16H23N3O2S/c1-22-12-16(21)18-14-7-9-19(10-8-14)11-15(20)17-13-5-3-2-4-6-13/h2-6,14H,7-12H2,1H3,(H,17,20)(H,18,21). The molecular weight excluding hydrogens is 298 g/mol. The summed E-state index contributed by atoms with van der Waals surface area (Å²) in [5, 5.41) is 5.94. The number of nitrogens with one attached hydrogen (secondary N) is 2. The molecule has 1 saturated heterocycles. The van der Waals surface area contributed by atoms with Crippen molar-refractivity contribution in [1.82, 2.24) is 10.2 Å². The minimum Gasteiger partial charge on any atom is -0.353 e. The van der Waals surface area contributed by atoms with Gasteiger partial charge in [0.15, 0.2) is 0 Å². The van der Waals surface area contributed by atoms with Crippen molar-refractivity contribution in [2.24, 2.45) is 0 Å². The number of benzene rings is 1. The lowest BCUT2D eigenvalue weighted by molar-refractivity contribution is -0.120. The van der Waals surface area contributed by atoms with Crippen molar-refractivity contribution in [3.63, 3.8) is 0 Å². The van der Waals surface area contributed by atoms with Gasteiger partial charge in [0.05, 0.1) is 12.3 Å². The van der Waals surface area contributed by atoms with Gasteiger partial charge in [-0.25, -0.2) is 0 Å². The Bertz CT molecular complexity index is 487. The number of carbonyl (C=O) groups is 2. The van der Waals surface area contributed by atoms with Crippen molar-refractivity contribution in [3.05, 3.63) is 30.3 Å². The van der Waals surface area contributed by atoms with E-state index in [9.17, 15) is 9.59 Å². The summed E-state index contributed by atoms with van der Waals surface area (Å²) < 4.78 is 0. The zero-order valence-electron chi connectivity index (χ0n) is 12.9. The zero-order valence-corrected chi connectivity index (χ0v) is 13.7. The minimum atomic E-state index is 0.0102. The van der Waals surface area contributed by atoms with Crippen LogP contribution in [0.4, 0.5) is 5.69 Å². The molecule has 0 saturated carbocycles. The summed E-state index contributed by atoms with van der Waals surface area (Å²) in [7, 11) is 0. The van der Waals surface area contributed by atoms with Gasteiger partial charge < -0.3 is 10.6 Å². The first-order valence-electron chi connectivity index (χ1n) is 7.53. The number of carbonyl (C=O) groups excluding carboxylic acids is 2. The predicted octanol–water partition coefficient (Wildman–Crippen LogP) is 1.57. The second-order valence-electron chi connectivity index (χ2n) is 5.47. The highest BCUT2D eigenvalue weighted by atomic mass is 32.2. The van der Waals surface area contributed by atoms with Crippen molar-refractivity contribution in [3.8, 4) is 0 Å². The van der Waals surface area contributed by atoms with Crippen LogP contribution in [0.15, 0.2) is 30.3 Å². The smallest absolute Gasteiger partial charge is 0.238 e. The van der Waals surface area contributed by atoms with Gasteiger partial charge >= 0.3 is 0 Å². The van der Waals surface area contributed by atoms with Gasteiger partial charge in [-0.2, -0.15) is 11.8 Å². The summed E-state index contributed by atoms with van der Waals surface area (Å²) in [5.74, 6) is 0.628. The third kappa shape index (κ3) is 5.69. The maximum absolute atomic E-state index is 12.0. The van der Waals surface area contributed by atoms with E-state index in [4.69, 9.17) is 0 Å². The molecule has 2 rings (SSSR count). The number of hydrogen-bond acceptors (Lipinski definition) is 4. The summed E-state index contributed by atoms with van der Waals surface area (Å²) >= 11 is 1.53. The van der Waals surface area contributed by atoms with Gasteiger partial charge in [-0.3, -0.25) is 14.5 Å². The van der Waals surface area contributed by atoms with Crippen LogP contribution >= 0.6 is 11.8 Å². The molecule has 0 aromatic heterocycles. The Kier molecular flexibility index (Phi) is 6.74. The Hall–Kier alpha value is -1.53. The van der Waals surface area contributed by atoms with E-state index in [2.05, 4.69) is 15.5 Å². The number of piperidine rings is 1. The van der Waals surface area contributed by atoms with Crippen LogP contribution in [0, 0.1) is 0 Å². The number of amides is 2. The van der Waals surface area contributed by atoms with Crippen molar-refractivity contribution < 1.29 is 9.59 Å². The topological polar surface area (TPSA) is 61.4 Å². The fourth-order valence-electron chi connectivity index (χ4n) is 2.56. The van der Waals surface area contributed by atoms with E-state index in [0.29, 0.717) is 12.3 Å². The van der Waals surface area contributed by atoms with E-state index in [1.165, 1.54) is 11.8 Å². The molecule has 0 aliphatic carbocycles. The minimum absolute atomic E-state index is 0.0102. The molecular formula is C16H23N3O2S. The Morgan fingerprint density at radius 1 is 1.18 bits per heavy atom. The second-order valence-corrected chi connectivity index (χ2v) is 6.33. The van der Waals surface area contributed by atoms with Crippen molar-refractivity contribution in [2.45, 2.75) is 18.9 Å². The summed E-state index contributed by atoms with van der Waals surface area (Å²) in [4.78, 5) is 25.7. The molecule has 0 unspecified atom stereocenters. The van der Waals surface area contributed by atoms with Crippen LogP contribution in [0.5, 0.6) is 0 Å². The normalized spacial score (nSPS) is 16.2. The first-order chi connectivity index (χ1) is 10.7. The Morgan fingerprint density at radius 3 is 2.50 bits per heavy atom. The first-order valence-corrected chi connectivity index (χ1v) is 8.92. The highest BCUT2D eigenvalue weighted by molar-refractivity contribution is 7.99. The number of anilines is 1. The molecule has 0 spiro atoms. The quantitative estimate of drug-likeness (QED) is 0.835. The molecule has 120 valence electrons. The maximum Gasteiger partial charge on any atom is 0.238 e. The lowest BCUT2D eigenvalue weighted by Gasteiger charge is -2.31. The molecule has 0 atom stereocenters. The summed E-state index contributed by atoms with van der Waals surface area (Å²) in [6, 6.07) is 9.73. The van der Waals surface area contributed by atoms with Crippen LogP contribution < -0.4 is 10.6 Å². The van der Waals surface area contributed by atoms with Crippen LogP contribution in [-0.2, 0) is 9.59 Å². The van der Waals surface area contributed by atoms with Crippen LogP contribution in [-0.4, -0.2) is 54.4 Å². The molecule has 1 heterocycles. The Labute approximate surface area is 135 Å². The highest BCUT2D eigenvalue weighted by Gasteiger charge is 2.21. The largest absolute Gasteiger partial charge is 0.353 e. The summed E-state index contributed by atoms with van der Waals surface area (Å²) in [5.41, 5.74) is 0.826. The molecule has 1 aliphatic rings. The van der Waals surface area contributed by atoms with E-state index in [1.807, 2.05) is 36.6 Å². The second kappa shape index (κ2) is 8.80. The number of rotatable bonds is 6.